The minimum absolute atomic E-state index is 0.178. The lowest BCUT2D eigenvalue weighted by Gasteiger charge is -2.21. The van der Waals surface area contributed by atoms with Crippen LogP contribution in [0.2, 0.25) is 0 Å². The molecule has 1 aromatic carbocycles. The maximum Gasteiger partial charge on any atom is 0.256 e. The molecule has 0 atom stereocenters. The average Bonchev–Trinajstić information content (AvgIpc) is 2.37. The van der Waals surface area contributed by atoms with Gasteiger partial charge in [0.1, 0.15) is 11.4 Å². The molecule has 19 heavy (non-hydrogen) atoms. The number of primary amides is 1. The fourth-order valence-corrected chi connectivity index (χ4v) is 1.16. The van der Waals surface area contributed by atoms with Crippen LogP contribution >= 0.6 is 0 Å². The Morgan fingerprint density at radius 3 is 2.32 bits per heavy atom. The van der Waals surface area contributed by atoms with Gasteiger partial charge in [-0.2, -0.15) is 0 Å². The number of nitrogens with two attached hydrogens (primary N) is 1. The first-order valence-corrected chi connectivity index (χ1v) is 5.73. The zero-order chi connectivity index (χ0) is 14.5. The van der Waals surface area contributed by atoms with Crippen molar-refractivity contribution in [2.75, 3.05) is 19.0 Å². The molecule has 104 valence electrons. The van der Waals surface area contributed by atoms with Crippen LogP contribution in [0.15, 0.2) is 24.3 Å². The predicted octanol–water partition coefficient (Wildman–Crippen LogP) is 0.914. The van der Waals surface area contributed by atoms with Gasteiger partial charge in [0.25, 0.3) is 11.8 Å². The maximum absolute atomic E-state index is 11.8. The van der Waals surface area contributed by atoms with Crippen LogP contribution in [-0.2, 0) is 14.3 Å². The Hall–Kier alpha value is -2.08. The van der Waals surface area contributed by atoms with E-state index in [4.69, 9.17) is 15.2 Å². The number of anilines is 1. The largest absolute Gasteiger partial charge is 0.484 e. The summed E-state index contributed by atoms with van der Waals surface area (Å²) < 4.78 is 10.2. The smallest absolute Gasteiger partial charge is 0.256 e. The number of rotatable bonds is 6. The highest BCUT2D eigenvalue weighted by atomic mass is 16.5. The van der Waals surface area contributed by atoms with E-state index in [1.54, 1.807) is 38.1 Å². The Kier molecular flexibility index (Phi) is 4.88. The molecule has 0 saturated carbocycles. The first kappa shape index (κ1) is 15.0. The highest BCUT2D eigenvalue weighted by molar-refractivity contribution is 5.96. The minimum Gasteiger partial charge on any atom is -0.484 e. The quantitative estimate of drug-likeness (QED) is 0.800. The summed E-state index contributed by atoms with van der Waals surface area (Å²) in [5, 5.41) is 2.71. The Bertz CT molecular complexity index is 454. The van der Waals surface area contributed by atoms with E-state index in [-0.39, 0.29) is 12.5 Å². The van der Waals surface area contributed by atoms with E-state index in [0.717, 1.165) is 0 Å². The van der Waals surface area contributed by atoms with E-state index < -0.39 is 11.5 Å². The lowest BCUT2D eigenvalue weighted by molar-refractivity contribution is -0.133. The van der Waals surface area contributed by atoms with Gasteiger partial charge in [0.2, 0.25) is 0 Å². The molecule has 3 N–H and O–H groups in total. The van der Waals surface area contributed by atoms with Crippen LogP contribution in [-0.4, -0.2) is 31.1 Å². The number of carbonyl (C=O) groups excluding carboxylic acids is 2. The van der Waals surface area contributed by atoms with Crippen molar-refractivity contribution in [3.63, 3.8) is 0 Å². The monoisotopic (exact) mass is 266 g/mol. The fraction of sp³-hybridized carbons (Fsp3) is 0.385. The molecule has 0 aliphatic heterocycles. The normalized spacial score (nSPS) is 10.9. The average molecular weight is 266 g/mol. The van der Waals surface area contributed by atoms with E-state index in [1.165, 1.54) is 7.11 Å². The van der Waals surface area contributed by atoms with E-state index in [2.05, 4.69) is 5.32 Å². The Morgan fingerprint density at radius 1 is 1.26 bits per heavy atom. The van der Waals surface area contributed by atoms with Crippen LogP contribution < -0.4 is 15.8 Å². The van der Waals surface area contributed by atoms with Crippen molar-refractivity contribution in [2.45, 2.75) is 19.4 Å². The molecule has 0 heterocycles. The van der Waals surface area contributed by atoms with Crippen molar-refractivity contribution in [3.8, 4) is 5.75 Å². The Labute approximate surface area is 111 Å². The van der Waals surface area contributed by atoms with Gasteiger partial charge in [0.15, 0.2) is 6.61 Å². The number of ether oxygens (including phenoxy) is 2. The topological polar surface area (TPSA) is 90.7 Å². The highest BCUT2D eigenvalue weighted by Crippen LogP contribution is 2.17. The van der Waals surface area contributed by atoms with Crippen LogP contribution in [0.5, 0.6) is 5.75 Å². The van der Waals surface area contributed by atoms with E-state index in [1.807, 2.05) is 0 Å². The van der Waals surface area contributed by atoms with Gasteiger partial charge < -0.3 is 20.5 Å². The Morgan fingerprint density at radius 2 is 1.84 bits per heavy atom. The molecule has 0 aromatic heterocycles. The number of benzene rings is 1. The summed E-state index contributed by atoms with van der Waals surface area (Å²) >= 11 is 0. The van der Waals surface area contributed by atoms with E-state index in [0.29, 0.717) is 11.4 Å². The third-order valence-electron chi connectivity index (χ3n) is 2.55. The summed E-state index contributed by atoms with van der Waals surface area (Å²) in [5.74, 6) is -0.289. The van der Waals surface area contributed by atoms with Crippen molar-refractivity contribution >= 4 is 17.5 Å². The number of amides is 2. The van der Waals surface area contributed by atoms with Crippen molar-refractivity contribution in [2.24, 2.45) is 5.73 Å². The summed E-state index contributed by atoms with van der Waals surface area (Å²) in [5.41, 5.74) is 4.68. The summed E-state index contributed by atoms with van der Waals surface area (Å²) in [7, 11) is 1.47. The van der Waals surface area contributed by atoms with Gasteiger partial charge in [0.05, 0.1) is 0 Å². The van der Waals surface area contributed by atoms with Gasteiger partial charge in [-0.25, -0.2) is 0 Å². The molecule has 0 radical (unpaired) electrons. The van der Waals surface area contributed by atoms with Gasteiger partial charge >= 0.3 is 0 Å². The van der Waals surface area contributed by atoms with E-state index in [9.17, 15) is 9.59 Å². The number of nitrogens with one attached hydrogen (secondary N) is 1. The highest BCUT2D eigenvalue weighted by Gasteiger charge is 2.26. The van der Waals surface area contributed by atoms with Crippen LogP contribution in [0, 0.1) is 0 Å². The van der Waals surface area contributed by atoms with Crippen molar-refractivity contribution in [3.05, 3.63) is 24.3 Å². The molecule has 0 aliphatic rings. The molecule has 0 saturated heterocycles. The van der Waals surface area contributed by atoms with Gasteiger partial charge in [-0.15, -0.1) is 0 Å². The second kappa shape index (κ2) is 6.19. The molecule has 1 rings (SSSR count). The molecule has 0 unspecified atom stereocenters. The van der Waals surface area contributed by atoms with Gasteiger partial charge in [-0.3, -0.25) is 9.59 Å². The number of hydrogen-bond acceptors (Lipinski definition) is 4. The van der Waals surface area contributed by atoms with Crippen molar-refractivity contribution in [1.29, 1.82) is 0 Å². The zero-order valence-corrected chi connectivity index (χ0v) is 11.2. The molecule has 1 aromatic rings. The minimum atomic E-state index is -0.902. The lowest BCUT2D eigenvalue weighted by Crippen LogP contribution is -2.38. The third-order valence-corrected chi connectivity index (χ3v) is 2.55. The molecular weight excluding hydrogens is 248 g/mol. The number of carbonyl (C=O) groups is 2. The number of methoxy groups -OCH3 is 1. The molecule has 0 spiro atoms. The lowest BCUT2D eigenvalue weighted by atomic mass is 10.1. The molecule has 0 fully saturated rings. The second-order valence-corrected chi connectivity index (χ2v) is 4.45. The predicted molar refractivity (Wildman–Crippen MR) is 70.8 cm³/mol. The van der Waals surface area contributed by atoms with Gasteiger partial charge in [0, 0.05) is 12.8 Å². The SMILES string of the molecule is COC(C)(C)C(=O)Nc1ccc(OCC(N)=O)cc1. The van der Waals surface area contributed by atoms with Gasteiger partial charge in [-0.05, 0) is 38.1 Å². The summed E-state index contributed by atoms with van der Waals surface area (Å²) in [6, 6.07) is 6.61. The van der Waals surface area contributed by atoms with Gasteiger partial charge in [-0.1, -0.05) is 0 Å². The summed E-state index contributed by atoms with van der Waals surface area (Å²) in [6.45, 7) is 3.17. The maximum atomic E-state index is 11.8. The fourth-order valence-electron chi connectivity index (χ4n) is 1.16. The molecule has 2 amide bonds. The van der Waals surface area contributed by atoms with Crippen molar-refractivity contribution in [1.82, 2.24) is 0 Å². The van der Waals surface area contributed by atoms with E-state index >= 15 is 0 Å². The molecule has 6 heteroatoms. The van der Waals surface area contributed by atoms with Crippen LogP contribution in [0.1, 0.15) is 13.8 Å². The zero-order valence-electron chi connectivity index (χ0n) is 11.2. The number of hydrogen-bond donors (Lipinski definition) is 2. The van der Waals surface area contributed by atoms with Crippen LogP contribution in [0.4, 0.5) is 5.69 Å². The van der Waals surface area contributed by atoms with Crippen LogP contribution in [0.3, 0.4) is 0 Å². The Balaban J connectivity index is 2.62. The first-order valence-electron chi connectivity index (χ1n) is 5.73. The first-order chi connectivity index (χ1) is 8.85. The van der Waals surface area contributed by atoms with Crippen molar-refractivity contribution < 1.29 is 19.1 Å². The molecular formula is C13H18N2O4. The summed E-state index contributed by atoms with van der Waals surface area (Å²) in [4.78, 5) is 22.4. The summed E-state index contributed by atoms with van der Waals surface area (Å²) in [6.07, 6.45) is 0. The van der Waals surface area contributed by atoms with Crippen LogP contribution in [0.25, 0.3) is 0 Å². The second-order valence-electron chi connectivity index (χ2n) is 4.45. The standard InChI is InChI=1S/C13H18N2O4/c1-13(2,18-3)12(17)15-9-4-6-10(7-5-9)19-8-11(14)16/h4-7H,8H2,1-3H3,(H2,14,16)(H,15,17). The molecule has 0 aliphatic carbocycles. The molecule has 0 bridgehead atoms. The molecule has 6 nitrogen and oxygen atoms in total. The third kappa shape index (κ3) is 4.59.